The second-order valence-electron chi connectivity index (χ2n) is 1.87. The van der Waals surface area contributed by atoms with E-state index in [9.17, 15) is 4.79 Å². The van der Waals surface area contributed by atoms with E-state index in [4.69, 9.17) is 11.6 Å². The van der Waals surface area contributed by atoms with Gasteiger partial charge >= 0.3 is 6.03 Å². The molecule has 64 valence electrons. The van der Waals surface area contributed by atoms with Crippen LogP contribution >= 0.6 is 23.4 Å². The van der Waals surface area contributed by atoms with E-state index in [2.05, 4.69) is 4.99 Å². The highest BCUT2D eigenvalue weighted by Crippen LogP contribution is 2.03. The summed E-state index contributed by atoms with van der Waals surface area (Å²) in [6.45, 7) is 2.52. The molecule has 0 aromatic carbocycles. The summed E-state index contributed by atoms with van der Waals surface area (Å²) < 4.78 is 0.273. The van der Waals surface area contributed by atoms with Gasteiger partial charge in [0.1, 0.15) is 0 Å². The maximum absolute atomic E-state index is 11.0. The van der Waals surface area contributed by atoms with Gasteiger partial charge in [0.15, 0.2) is 4.50 Å². The molecule has 0 saturated carbocycles. The Labute approximate surface area is 75.8 Å². The highest BCUT2D eigenvalue weighted by atomic mass is 35.5. The fourth-order valence-electron chi connectivity index (χ4n) is 0.341. The lowest BCUT2D eigenvalue weighted by atomic mass is 10.6. The van der Waals surface area contributed by atoms with Gasteiger partial charge in [-0.25, -0.2) is 4.79 Å². The first-order chi connectivity index (χ1) is 5.11. The molecule has 0 N–H and O–H groups in total. The van der Waals surface area contributed by atoms with Gasteiger partial charge in [0.25, 0.3) is 0 Å². The molecule has 5 heteroatoms. The van der Waals surface area contributed by atoms with Gasteiger partial charge in [-0.15, -0.1) is 0 Å². The maximum atomic E-state index is 11.0. The van der Waals surface area contributed by atoms with E-state index in [1.807, 2.05) is 6.92 Å². The highest BCUT2D eigenvalue weighted by Gasteiger charge is 2.04. The molecular formula is C6H11ClN2OS. The van der Waals surface area contributed by atoms with Crippen molar-refractivity contribution < 1.29 is 4.79 Å². The average Bonchev–Trinajstić information content (AvgIpc) is 2.02. The van der Waals surface area contributed by atoms with Crippen LogP contribution in [-0.2, 0) is 0 Å². The largest absolute Gasteiger partial charge is 0.345 e. The van der Waals surface area contributed by atoms with Gasteiger partial charge in [0.05, 0.1) is 0 Å². The van der Waals surface area contributed by atoms with Gasteiger partial charge in [0, 0.05) is 13.6 Å². The number of thioether (sulfide) groups is 1. The van der Waals surface area contributed by atoms with Crippen molar-refractivity contribution in [2.45, 2.75) is 6.92 Å². The highest BCUT2D eigenvalue weighted by molar-refractivity contribution is 8.16. The van der Waals surface area contributed by atoms with Crippen molar-refractivity contribution in [1.82, 2.24) is 4.90 Å². The third kappa shape index (κ3) is 4.27. The average molecular weight is 195 g/mol. The monoisotopic (exact) mass is 194 g/mol. The van der Waals surface area contributed by atoms with Gasteiger partial charge < -0.3 is 4.90 Å². The van der Waals surface area contributed by atoms with Gasteiger partial charge in [-0.2, -0.15) is 4.99 Å². The SMILES string of the molecule is CCN(C)C(=O)N=C(Cl)SC. The predicted octanol–water partition coefficient (Wildman–Crippen LogP) is 2.02. The molecule has 0 spiro atoms. The summed E-state index contributed by atoms with van der Waals surface area (Å²) in [6, 6.07) is -0.299. The lowest BCUT2D eigenvalue weighted by Crippen LogP contribution is -2.23. The topological polar surface area (TPSA) is 32.7 Å². The van der Waals surface area contributed by atoms with E-state index in [0.717, 1.165) is 0 Å². The van der Waals surface area contributed by atoms with Gasteiger partial charge in [-0.1, -0.05) is 23.4 Å². The van der Waals surface area contributed by atoms with E-state index < -0.39 is 0 Å². The van der Waals surface area contributed by atoms with Crippen molar-refractivity contribution in [3.63, 3.8) is 0 Å². The van der Waals surface area contributed by atoms with Crippen molar-refractivity contribution in [2.75, 3.05) is 19.8 Å². The van der Waals surface area contributed by atoms with E-state index in [1.165, 1.54) is 16.7 Å². The molecule has 0 radical (unpaired) electrons. The van der Waals surface area contributed by atoms with Crippen molar-refractivity contribution in [3.8, 4) is 0 Å². The van der Waals surface area contributed by atoms with Crippen molar-refractivity contribution in [3.05, 3.63) is 0 Å². The molecule has 0 atom stereocenters. The number of carbonyl (C=O) groups is 1. The quantitative estimate of drug-likeness (QED) is 0.473. The summed E-state index contributed by atoms with van der Waals surface area (Å²) in [7, 11) is 1.68. The van der Waals surface area contributed by atoms with Crippen molar-refractivity contribution in [1.29, 1.82) is 0 Å². The van der Waals surface area contributed by atoms with Crippen LogP contribution in [-0.4, -0.2) is 35.3 Å². The minimum atomic E-state index is -0.299. The van der Waals surface area contributed by atoms with Crippen LogP contribution in [0, 0.1) is 0 Å². The van der Waals surface area contributed by atoms with E-state index in [0.29, 0.717) is 6.54 Å². The minimum absolute atomic E-state index is 0.273. The van der Waals surface area contributed by atoms with Crippen LogP contribution < -0.4 is 0 Å². The Morgan fingerprint density at radius 3 is 2.64 bits per heavy atom. The molecule has 0 saturated heterocycles. The smallest absolute Gasteiger partial charge is 0.326 e. The first-order valence-electron chi connectivity index (χ1n) is 3.15. The van der Waals surface area contributed by atoms with E-state index in [1.54, 1.807) is 13.3 Å². The minimum Gasteiger partial charge on any atom is -0.326 e. The fourth-order valence-corrected chi connectivity index (χ4v) is 0.583. The first-order valence-corrected chi connectivity index (χ1v) is 4.75. The van der Waals surface area contributed by atoms with Crippen LogP contribution in [0.3, 0.4) is 0 Å². The molecule has 11 heavy (non-hydrogen) atoms. The summed E-state index contributed by atoms with van der Waals surface area (Å²) in [5, 5.41) is 0. The number of rotatable bonds is 1. The van der Waals surface area contributed by atoms with Crippen LogP contribution in [0.5, 0.6) is 0 Å². The molecule has 0 aliphatic heterocycles. The van der Waals surface area contributed by atoms with Crippen LogP contribution in [0.4, 0.5) is 4.79 Å². The molecule has 0 bridgehead atoms. The number of halogens is 1. The fraction of sp³-hybridized carbons (Fsp3) is 0.667. The Morgan fingerprint density at radius 1 is 1.73 bits per heavy atom. The number of aliphatic imine (C=N–C) groups is 1. The van der Waals surface area contributed by atoms with E-state index in [-0.39, 0.29) is 10.5 Å². The molecule has 0 aliphatic carbocycles. The van der Waals surface area contributed by atoms with Crippen LogP contribution in [0.15, 0.2) is 4.99 Å². The standard InChI is InChI=1S/C6H11ClN2OS/c1-4-9(2)6(10)8-5(7)11-3/h4H2,1-3H3. The molecule has 0 unspecified atom stereocenters. The van der Waals surface area contributed by atoms with Gasteiger partial charge in [-0.05, 0) is 13.2 Å². The molecule has 0 fully saturated rings. The zero-order valence-electron chi connectivity index (χ0n) is 6.80. The Balaban J connectivity index is 4.05. The van der Waals surface area contributed by atoms with Gasteiger partial charge in [0.2, 0.25) is 0 Å². The normalized spacial score (nSPS) is 11.5. The first kappa shape index (κ1) is 10.8. The number of nitrogens with zero attached hydrogens (tertiary/aromatic N) is 2. The molecule has 2 amide bonds. The number of carbonyl (C=O) groups excluding carboxylic acids is 1. The van der Waals surface area contributed by atoms with Crippen LogP contribution in [0.1, 0.15) is 6.92 Å². The molecular weight excluding hydrogens is 184 g/mol. The molecule has 0 aromatic heterocycles. The molecule has 0 heterocycles. The predicted molar refractivity (Wildman–Crippen MR) is 50.5 cm³/mol. The maximum Gasteiger partial charge on any atom is 0.345 e. The summed E-state index contributed by atoms with van der Waals surface area (Å²) >= 11 is 6.78. The summed E-state index contributed by atoms with van der Waals surface area (Å²) in [4.78, 5) is 16.1. The lowest BCUT2D eigenvalue weighted by molar-refractivity contribution is 0.221. The third-order valence-corrected chi connectivity index (χ3v) is 2.13. The Bertz CT molecular complexity index is 172. The van der Waals surface area contributed by atoms with Crippen LogP contribution in [0.2, 0.25) is 0 Å². The van der Waals surface area contributed by atoms with Gasteiger partial charge in [-0.3, -0.25) is 0 Å². The lowest BCUT2D eigenvalue weighted by Gasteiger charge is -2.09. The Hall–Kier alpha value is -0.220. The summed E-state index contributed by atoms with van der Waals surface area (Å²) in [5.74, 6) is 0. The Morgan fingerprint density at radius 2 is 2.27 bits per heavy atom. The summed E-state index contributed by atoms with van der Waals surface area (Å²) in [6.07, 6.45) is 1.77. The zero-order chi connectivity index (χ0) is 8.85. The van der Waals surface area contributed by atoms with Crippen LogP contribution in [0.25, 0.3) is 0 Å². The number of hydrogen-bond donors (Lipinski definition) is 0. The second kappa shape index (κ2) is 5.43. The van der Waals surface area contributed by atoms with E-state index >= 15 is 0 Å². The summed E-state index contributed by atoms with van der Waals surface area (Å²) in [5.41, 5.74) is 0. The number of amides is 2. The molecule has 0 rings (SSSR count). The molecule has 0 aliphatic rings. The van der Waals surface area contributed by atoms with Crippen molar-refractivity contribution in [2.24, 2.45) is 4.99 Å². The zero-order valence-corrected chi connectivity index (χ0v) is 8.37. The number of urea groups is 1. The third-order valence-electron chi connectivity index (χ3n) is 1.15. The molecule has 3 nitrogen and oxygen atoms in total. The molecule has 0 aromatic rings. The van der Waals surface area contributed by atoms with Crippen molar-refractivity contribution >= 4 is 33.9 Å². The second-order valence-corrected chi connectivity index (χ2v) is 3.24. The number of hydrogen-bond acceptors (Lipinski definition) is 2. The Kier molecular flexibility index (Phi) is 5.32.